The molecule has 0 amide bonds. The number of esters is 2. The molecule has 180 valence electrons. The van der Waals surface area contributed by atoms with Crippen molar-refractivity contribution in [3.8, 4) is 0 Å². The minimum atomic E-state index is -1.65. The van der Waals surface area contributed by atoms with Crippen LogP contribution in [0.25, 0.3) is 0 Å². The first-order chi connectivity index (χ1) is 16.0. The molecule has 2 atom stereocenters. The van der Waals surface area contributed by atoms with Gasteiger partial charge < -0.3 is 19.3 Å². The van der Waals surface area contributed by atoms with Gasteiger partial charge in [-0.05, 0) is 35.4 Å². The number of carbonyl (C=O) groups is 3. The summed E-state index contributed by atoms with van der Waals surface area (Å²) in [5.41, 5.74) is 1.78. The van der Waals surface area contributed by atoms with Crippen LogP contribution in [-0.4, -0.2) is 51.7 Å². The summed E-state index contributed by atoms with van der Waals surface area (Å²) in [6.45, 7) is 3.09. The highest BCUT2D eigenvalue weighted by molar-refractivity contribution is 6.06. The zero-order valence-corrected chi connectivity index (χ0v) is 20.6. The van der Waals surface area contributed by atoms with Gasteiger partial charge in [0.2, 0.25) is 0 Å². The highest BCUT2D eigenvalue weighted by atomic mass is 16.7. The van der Waals surface area contributed by atoms with E-state index in [9.17, 15) is 14.4 Å². The SMILES string of the molecule is CN(C)c1ccc([C@H]2CC(=O)C[C@@H](c3ccc(N(C)C)cc3)C23C(=O)OC(C)(C)OC3=O)cc1. The van der Waals surface area contributed by atoms with Gasteiger partial charge in [0.25, 0.3) is 5.79 Å². The van der Waals surface area contributed by atoms with Crippen molar-refractivity contribution in [2.45, 2.75) is 44.3 Å². The Bertz CT molecular complexity index is 1020. The Kier molecular flexibility index (Phi) is 5.92. The normalized spacial score (nSPS) is 23.3. The molecule has 1 aliphatic carbocycles. The molecule has 34 heavy (non-hydrogen) atoms. The number of hydrogen-bond donors (Lipinski definition) is 0. The fourth-order valence-electron chi connectivity index (χ4n) is 5.16. The molecule has 0 unspecified atom stereocenters. The molecule has 1 saturated heterocycles. The lowest BCUT2D eigenvalue weighted by Crippen LogP contribution is -2.61. The van der Waals surface area contributed by atoms with Crippen molar-refractivity contribution in [2.75, 3.05) is 38.0 Å². The maximum Gasteiger partial charge on any atom is 0.328 e. The summed E-state index contributed by atoms with van der Waals surface area (Å²) in [7, 11) is 7.75. The second kappa shape index (κ2) is 8.46. The molecule has 2 aliphatic rings. The Morgan fingerprint density at radius 3 is 1.35 bits per heavy atom. The summed E-state index contributed by atoms with van der Waals surface area (Å²) in [6.07, 6.45) is 0.135. The number of benzene rings is 2. The number of ketones is 1. The molecule has 0 N–H and O–H groups in total. The van der Waals surface area contributed by atoms with E-state index in [2.05, 4.69) is 0 Å². The summed E-state index contributed by atoms with van der Waals surface area (Å²) < 4.78 is 11.4. The molecule has 7 nitrogen and oxygen atoms in total. The standard InChI is InChI=1S/C27H32N2O5/c1-26(2)33-24(31)27(25(32)34-26)22(17-7-11-19(12-8-17)28(3)4)15-21(30)16-23(27)18-9-13-20(14-10-18)29(5)6/h7-14,22-23H,15-16H2,1-6H3/t22-,23+. The summed E-state index contributed by atoms with van der Waals surface area (Å²) in [5.74, 6) is -4.02. The van der Waals surface area contributed by atoms with Crippen molar-refractivity contribution < 1.29 is 23.9 Å². The molecule has 4 rings (SSSR count). The van der Waals surface area contributed by atoms with E-state index >= 15 is 0 Å². The number of hydrogen-bond acceptors (Lipinski definition) is 7. The third kappa shape index (κ3) is 3.93. The van der Waals surface area contributed by atoms with Gasteiger partial charge in [-0.3, -0.25) is 14.4 Å². The largest absolute Gasteiger partial charge is 0.422 e. The first kappa shape index (κ1) is 23.8. The topological polar surface area (TPSA) is 76.2 Å². The average molecular weight is 465 g/mol. The van der Waals surface area contributed by atoms with Gasteiger partial charge in [0.1, 0.15) is 5.78 Å². The number of Topliss-reactive ketones (excluding diaryl/α,β-unsaturated/α-hetero) is 1. The Hall–Kier alpha value is -3.35. The van der Waals surface area contributed by atoms with E-state index < -0.39 is 35.0 Å². The van der Waals surface area contributed by atoms with Crippen molar-refractivity contribution in [3.63, 3.8) is 0 Å². The quantitative estimate of drug-likeness (QED) is 0.502. The highest BCUT2D eigenvalue weighted by Crippen LogP contribution is 2.58. The second-order valence-corrected chi connectivity index (χ2v) is 10.1. The molecule has 2 aromatic carbocycles. The maximum atomic E-state index is 13.8. The van der Waals surface area contributed by atoms with Crippen molar-refractivity contribution in [1.29, 1.82) is 0 Å². The highest BCUT2D eigenvalue weighted by Gasteiger charge is 2.67. The van der Waals surface area contributed by atoms with Crippen LogP contribution in [0.15, 0.2) is 48.5 Å². The molecular formula is C27H32N2O5. The van der Waals surface area contributed by atoms with E-state index in [1.165, 1.54) is 0 Å². The van der Waals surface area contributed by atoms with Crippen LogP contribution < -0.4 is 9.80 Å². The molecule has 2 aromatic rings. The van der Waals surface area contributed by atoms with E-state index in [0.29, 0.717) is 0 Å². The van der Waals surface area contributed by atoms with Crippen LogP contribution in [0.1, 0.15) is 49.7 Å². The van der Waals surface area contributed by atoms with Crippen molar-refractivity contribution in [2.24, 2.45) is 5.41 Å². The van der Waals surface area contributed by atoms with Gasteiger partial charge in [-0.2, -0.15) is 0 Å². The van der Waals surface area contributed by atoms with Crippen LogP contribution in [-0.2, 0) is 23.9 Å². The number of cyclic esters (lactones) is 2. The van der Waals surface area contributed by atoms with E-state index in [1.54, 1.807) is 13.8 Å². The van der Waals surface area contributed by atoms with Crippen LogP contribution >= 0.6 is 0 Å². The Balaban J connectivity index is 1.88. The fourth-order valence-corrected chi connectivity index (χ4v) is 5.16. The first-order valence-electron chi connectivity index (χ1n) is 11.5. The molecular weight excluding hydrogens is 432 g/mol. The van der Waals surface area contributed by atoms with Gasteiger partial charge in [0.15, 0.2) is 5.41 Å². The van der Waals surface area contributed by atoms with Crippen molar-refractivity contribution in [3.05, 3.63) is 59.7 Å². The van der Waals surface area contributed by atoms with Crippen molar-refractivity contribution >= 4 is 29.1 Å². The molecule has 1 saturated carbocycles. The Morgan fingerprint density at radius 1 is 0.676 bits per heavy atom. The molecule has 1 heterocycles. The number of ether oxygens (including phenoxy) is 2. The van der Waals surface area contributed by atoms with Crippen LogP contribution in [0.2, 0.25) is 0 Å². The molecule has 7 heteroatoms. The lowest BCUT2D eigenvalue weighted by atomic mass is 9.55. The molecule has 2 fully saturated rings. The van der Waals surface area contributed by atoms with E-state index in [-0.39, 0.29) is 18.6 Å². The van der Waals surface area contributed by atoms with E-state index in [4.69, 9.17) is 9.47 Å². The number of rotatable bonds is 4. The third-order valence-corrected chi connectivity index (χ3v) is 6.94. The third-order valence-electron chi connectivity index (χ3n) is 6.94. The minimum absolute atomic E-state index is 0.000527. The Morgan fingerprint density at radius 2 is 1.03 bits per heavy atom. The Labute approximate surface area is 200 Å². The molecule has 0 radical (unpaired) electrons. The van der Waals surface area contributed by atoms with Gasteiger partial charge in [0, 0.05) is 78.1 Å². The molecule has 1 aliphatic heterocycles. The lowest BCUT2D eigenvalue weighted by Gasteiger charge is -2.50. The summed E-state index contributed by atoms with van der Waals surface area (Å²) in [4.78, 5) is 44.5. The molecule has 0 bridgehead atoms. The van der Waals surface area contributed by atoms with E-state index in [1.807, 2.05) is 86.5 Å². The van der Waals surface area contributed by atoms with Gasteiger partial charge in [-0.25, -0.2) is 0 Å². The number of nitrogens with zero attached hydrogens (tertiary/aromatic N) is 2. The second-order valence-electron chi connectivity index (χ2n) is 10.1. The smallest absolute Gasteiger partial charge is 0.328 e. The lowest BCUT2D eigenvalue weighted by molar-refractivity contribution is -0.256. The summed E-state index contributed by atoms with van der Waals surface area (Å²) in [5, 5.41) is 0. The zero-order valence-electron chi connectivity index (χ0n) is 20.6. The molecule has 1 spiro atoms. The predicted octanol–water partition coefficient (Wildman–Crippen LogP) is 3.87. The molecule has 0 aromatic heterocycles. The van der Waals surface area contributed by atoms with Gasteiger partial charge in [0.05, 0.1) is 0 Å². The predicted molar refractivity (Wildman–Crippen MR) is 130 cm³/mol. The number of carbonyl (C=O) groups excluding carboxylic acids is 3. The van der Waals surface area contributed by atoms with Gasteiger partial charge >= 0.3 is 11.9 Å². The van der Waals surface area contributed by atoms with Crippen molar-refractivity contribution in [1.82, 2.24) is 0 Å². The fraction of sp³-hybridized carbons (Fsp3) is 0.444. The van der Waals surface area contributed by atoms with E-state index in [0.717, 1.165) is 22.5 Å². The van der Waals surface area contributed by atoms with Gasteiger partial charge in [-0.15, -0.1) is 0 Å². The minimum Gasteiger partial charge on any atom is -0.422 e. The maximum absolute atomic E-state index is 13.8. The zero-order chi connectivity index (χ0) is 24.8. The monoisotopic (exact) mass is 464 g/mol. The summed E-state index contributed by atoms with van der Waals surface area (Å²) in [6, 6.07) is 15.2. The number of anilines is 2. The first-order valence-corrected chi connectivity index (χ1v) is 11.5. The van der Waals surface area contributed by atoms with Gasteiger partial charge in [-0.1, -0.05) is 24.3 Å². The van der Waals surface area contributed by atoms with Crippen LogP contribution in [0.4, 0.5) is 11.4 Å². The van der Waals surface area contributed by atoms with Crippen LogP contribution in [0.3, 0.4) is 0 Å². The average Bonchev–Trinajstić information content (AvgIpc) is 2.77. The summed E-state index contributed by atoms with van der Waals surface area (Å²) >= 11 is 0. The van der Waals surface area contributed by atoms with Crippen LogP contribution in [0.5, 0.6) is 0 Å². The van der Waals surface area contributed by atoms with Crippen LogP contribution in [0, 0.1) is 5.41 Å².